The molecule has 0 spiro atoms. The van der Waals surface area contributed by atoms with Gasteiger partial charge >= 0.3 is 0 Å². The second-order valence-electron chi connectivity index (χ2n) is 3.88. The van der Waals surface area contributed by atoms with E-state index in [9.17, 15) is 8.78 Å². The third-order valence-electron chi connectivity index (χ3n) is 2.49. The van der Waals surface area contributed by atoms with E-state index in [1.807, 2.05) is 6.07 Å². The summed E-state index contributed by atoms with van der Waals surface area (Å²) in [6.07, 6.45) is 3.15. The summed E-state index contributed by atoms with van der Waals surface area (Å²) in [6.45, 7) is 2.79. The Kier molecular flexibility index (Phi) is 7.77. The summed E-state index contributed by atoms with van der Waals surface area (Å²) in [4.78, 5) is 0. The first kappa shape index (κ1) is 15.9. The van der Waals surface area contributed by atoms with E-state index in [-0.39, 0.29) is 5.75 Å². The molecule has 0 bridgehead atoms. The molecular formula is C12H19F2NOS2. The van der Waals surface area contributed by atoms with Crippen molar-refractivity contribution >= 4 is 23.5 Å². The average molecular weight is 295 g/mol. The molecule has 0 saturated carbocycles. The molecule has 2 nitrogen and oxygen atoms in total. The van der Waals surface area contributed by atoms with Crippen LogP contribution in [0.4, 0.5) is 8.78 Å². The molecule has 0 radical (unpaired) electrons. The van der Waals surface area contributed by atoms with E-state index in [4.69, 9.17) is 4.42 Å². The molecule has 1 rings (SSSR count). The third kappa shape index (κ3) is 6.11. The van der Waals surface area contributed by atoms with E-state index >= 15 is 0 Å². The molecule has 1 atom stereocenters. The van der Waals surface area contributed by atoms with Crippen LogP contribution in [0.3, 0.4) is 0 Å². The molecule has 0 aliphatic rings. The van der Waals surface area contributed by atoms with Crippen LogP contribution < -0.4 is 5.32 Å². The van der Waals surface area contributed by atoms with E-state index < -0.39 is 5.76 Å². The number of halogens is 2. The Hall–Kier alpha value is -0.200. The SMILES string of the molecule is CCC(CSC)NCc1ccc(CSC(F)F)o1. The molecule has 0 fully saturated rings. The van der Waals surface area contributed by atoms with Gasteiger partial charge in [-0.3, -0.25) is 0 Å². The third-order valence-corrected chi connectivity index (χ3v) is 3.93. The number of alkyl halides is 2. The van der Waals surface area contributed by atoms with Gasteiger partial charge in [-0.1, -0.05) is 18.7 Å². The summed E-state index contributed by atoms with van der Waals surface area (Å²) >= 11 is 2.39. The highest BCUT2D eigenvalue weighted by Gasteiger charge is 2.09. The van der Waals surface area contributed by atoms with Gasteiger partial charge in [0.1, 0.15) is 11.5 Å². The molecule has 1 N–H and O–H groups in total. The largest absolute Gasteiger partial charge is 0.464 e. The Balaban J connectivity index is 2.34. The quantitative estimate of drug-likeness (QED) is 0.745. The highest BCUT2D eigenvalue weighted by Crippen LogP contribution is 2.21. The molecule has 104 valence electrons. The molecular weight excluding hydrogens is 276 g/mol. The van der Waals surface area contributed by atoms with Crippen molar-refractivity contribution in [1.82, 2.24) is 5.32 Å². The predicted molar refractivity (Wildman–Crippen MR) is 75.3 cm³/mol. The minimum Gasteiger partial charge on any atom is -0.464 e. The van der Waals surface area contributed by atoms with Crippen LogP contribution >= 0.6 is 23.5 Å². The summed E-state index contributed by atoms with van der Waals surface area (Å²) in [5.41, 5.74) is 0. The predicted octanol–water partition coefficient (Wildman–Crippen LogP) is 3.97. The number of nitrogens with one attached hydrogen (secondary N) is 1. The second kappa shape index (κ2) is 8.82. The van der Waals surface area contributed by atoms with Crippen LogP contribution in [0.2, 0.25) is 0 Å². The zero-order chi connectivity index (χ0) is 13.4. The number of hydrogen-bond acceptors (Lipinski definition) is 4. The maximum absolute atomic E-state index is 12.0. The van der Waals surface area contributed by atoms with Crippen LogP contribution in [0.15, 0.2) is 16.5 Å². The van der Waals surface area contributed by atoms with Crippen molar-refractivity contribution in [3.63, 3.8) is 0 Å². The van der Waals surface area contributed by atoms with Crippen LogP contribution in [0.25, 0.3) is 0 Å². The zero-order valence-corrected chi connectivity index (χ0v) is 12.3. The number of hydrogen-bond donors (Lipinski definition) is 1. The van der Waals surface area contributed by atoms with E-state index in [1.54, 1.807) is 17.8 Å². The topological polar surface area (TPSA) is 25.2 Å². The van der Waals surface area contributed by atoms with Gasteiger partial charge in [0.2, 0.25) is 0 Å². The van der Waals surface area contributed by atoms with Crippen LogP contribution in [0, 0.1) is 0 Å². The first-order valence-corrected chi connectivity index (χ1v) is 8.29. The summed E-state index contributed by atoms with van der Waals surface area (Å²) in [6, 6.07) is 4.08. The fourth-order valence-corrected chi connectivity index (χ4v) is 2.71. The van der Waals surface area contributed by atoms with Crippen molar-refractivity contribution in [2.75, 3.05) is 12.0 Å². The Labute approximate surface area is 115 Å². The second-order valence-corrected chi connectivity index (χ2v) is 5.77. The van der Waals surface area contributed by atoms with Gasteiger partial charge in [0.05, 0.1) is 12.3 Å². The minimum absolute atomic E-state index is 0.222. The van der Waals surface area contributed by atoms with E-state index in [2.05, 4.69) is 18.5 Å². The van der Waals surface area contributed by atoms with Gasteiger partial charge in [0.15, 0.2) is 0 Å². The van der Waals surface area contributed by atoms with Gasteiger partial charge in [0, 0.05) is 11.8 Å². The monoisotopic (exact) mass is 295 g/mol. The lowest BCUT2D eigenvalue weighted by Crippen LogP contribution is -2.29. The number of rotatable bonds is 9. The standard InChI is InChI=1S/C12H19F2NOS2/c1-3-9(7-17-2)15-6-10-4-5-11(16-10)8-18-12(13)14/h4-5,9,12,15H,3,6-8H2,1-2H3. The summed E-state index contributed by atoms with van der Waals surface area (Å²) in [5.74, 6) is 0.350. The average Bonchev–Trinajstić information content (AvgIpc) is 2.80. The molecule has 6 heteroatoms. The Morgan fingerprint density at radius 2 is 2.06 bits per heavy atom. The fraction of sp³-hybridized carbons (Fsp3) is 0.667. The lowest BCUT2D eigenvalue weighted by molar-refractivity contribution is 0.251. The lowest BCUT2D eigenvalue weighted by atomic mass is 10.2. The Morgan fingerprint density at radius 1 is 1.33 bits per heavy atom. The van der Waals surface area contributed by atoms with Crippen LogP contribution in [0.1, 0.15) is 24.9 Å². The van der Waals surface area contributed by atoms with Crippen molar-refractivity contribution in [3.05, 3.63) is 23.7 Å². The van der Waals surface area contributed by atoms with Crippen LogP contribution in [-0.4, -0.2) is 23.8 Å². The van der Waals surface area contributed by atoms with Crippen molar-refractivity contribution in [2.45, 2.75) is 37.4 Å². The van der Waals surface area contributed by atoms with Crippen LogP contribution in [-0.2, 0) is 12.3 Å². The minimum atomic E-state index is -2.34. The first-order chi connectivity index (χ1) is 8.65. The molecule has 0 aliphatic carbocycles. The fourth-order valence-electron chi connectivity index (χ4n) is 1.51. The van der Waals surface area contributed by atoms with Gasteiger partial charge in [-0.2, -0.15) is 20.5 Å². The molecule has 1 heterocycles. The van der Waals surface area contributed by atoms with Gasteiger partial charge < -0.3 is 9.73 Å². The molecule has 0 saturated heterocycles. The van der Waals surface area contributed by atoms with Crippen molar-refractivity contribution in [1.29, 1.82) is 0 Å². The molecule has 1 unspecified atom stereocenters. The van der Waals surface area contributed by atoms with E-state index in [0.717, 1.165) is 17.9 Å². The highest BCUT2D eigenvalue weighted by atomic mass is 32.2. The molecule has 18 heavy (non-hydrogen) atoms. The van der Waals surface area contributed by atoms with Gasteiger partial charge in [-0.25, -0.2) is 0 Å². The van der Waals surface area contributed by atoms with E-state index in [0.29, 0.717) is 30.1 Å². The summed E-state index contributed by atoms with van der Waals surface area (Å²) in [5, 5.41) is 3.40. The van der Waals surface area contributed by atoms with Gasteiger partial charge in [0.25, 0.3) is 5.76 Å². The Bertz CT molecular complexity index is 334. The number of thioether (sulfide) groups is 2. The normalized spacial score (nSPS) is 13.2. The first-order valence-electron chi connectivity index (χ1n) is 5.85. The lowest BCUT2D eigenvalue weighted by Gasteiger charge is -2.14. The molecule has 0 amide bonds. The molecule has 1 aromatic rings. The molecule has 1 aromatic heterocycles. The summed E-state index contributed by atoms with van der Waals surface area (Å²) < 4.78 is 29.5. The van der Waals surface area contributed by atoms with Crippen LogP contribution in [0.5, 0.6) is 0 Å². The van der Waals surface area contributed by atoms with Gasteiger partial charge in [-0.15, -0.1) is 0 Å². The van der Waals surface area contributed by atoms with E-state index in [1.165, 1.54) is 0 Å². The van der Waals surface area contributed by atoms with Crippen molar-refractivity contribution in [2.24, 2.45) is 0 Å². The zero-order valence-electron chi connectivity index (χ0n) is 10.6. The number of furan rings is 1. The van der Waals surface area contributed by atoms with Crippen molar-refractivity contribution < 1.29 is 13.2 Å². The maximum atomic E-state index is 12.0. The molecule has 0 aromatic carbocycles. The Morgan fingerprint density at radius 3 is 2.67 bits per heavy atom. The molecule has 0 aliphatic heterocycles. The van der Waals surface area contributed by atoms with Gasteiger partial charge in [-0.05, 0) is 24.8 Å². The maximum Gasteiger partial charge on any atom is 0.284 e. The van der Waals surface area contributed by atoms with Crippen molar-refractivity contribution in [3.8, 4) is 0 Å². The highest BCUT2D eigenvalue weighted by molar-refractivity contribution is 7.98. The summed E-state index contributed by atoms with van der Waals surface area (Å²) in [7, 11) is 0. The smallest absolute Gasteiger partial charge is 0.284 e.